The molecule has 0 fully saturated rings. The van der Waals surface area contributed by atoms with Gasteiger partial charge in [0, 0.05) is 36.1 Å². The number of hydrogen-bond donors (Lipinski definition) is 2. The van der Waals surface area contributed by atoms with E-state index < -0.39 is 11.7 Å². The van der Waals surface area contributed by atoms with E-state index in [4.69, 9.17) is 21.3 Å². The van der Waals surface area contributed by atoms with Crippen molar-refractivity contribution in [1.29, 1.82) is 0 Å². The molecular weight excluding hydrogens is 464 g/mol. The smallest absolute Gasteiger partial charge is 0.407 e. The Morgan fingerprint density at radius 3 is 2.49 bits per heavy atom. The summed E-state index contributed by atoms with van der Waals surface area (Å²) in [4.78, 5) is 30.2. The van der Waals surface area contributed by atoms with Gasteiger partial charge in [0.05, 0.1) is 6.04 Å². The SMILES string of the molecule is CC(C)(C)OC(=O)N[C@@H](CNc1nc(-c2ccncc2)nc2c(Cl)nccc12)Cc1ccccc1. The summed E-state index contributed by atoms with van der Waals surface area (Å²) in [6.07, 6.45) is 5.11. The highest BCUT2D eigenvalue weighted by atomic mass is 35.5. The van der Waals surface area contributed by atoms with Gasteiger partial charge in [-0.2, -0.15) is 0 Å². The predicted molar refractivity (Wildman–Crippen MR) is 137 cm³/mol. The molecule has 0 unspecified atom stereocenters. The molecule has 9 heteroatoms. The van der Waals surface area contributed by atoms with E-state index in [-0.39, 0.29) is 11.2 Å². The van der Waals surface area contributed by atoms with Crippen molar-refractivity contribution in [2.75, 3.05) is 11.9 Å². The molecule has 0 spiro atoms. The lowest BCUT2D eigenvalue weighted by molar-refractivity contribution is 0.0507. The number of halogens is 1. The Morgan fingerprint density at radius 2 is 1.77 bits per heavy atom. The van der Waals surface area contributed by atoms with Gasteiger partial charge in [0.15, 0.2) is 11.0 Å². The van der Waals surface area contributed by atoms with Gasteiger partial charge in [0.2, 0.25) is 0 Å². The van der Waals surface area contributed by atoms with E-state index in [0.717, 1.165) is 16.5 Å². The van der Waals surface area contributed by atoms with E-state index in [1.807, 2.05) is 69.3 Å². The number of nitrogens with one attached hydrogen (secondary N) is 2. The van der Waals surface area contributed by atoms with Crippen molar-refractivity contribution in [2.45, 2.75) is 38.8 Å². The van der Waals surface area contributed by atoms with E-state index in [2.05, 4.69) is 25.6 Å². The fourth-order valence-electron chi connectivity index (χ4n) is 3.55. The Hall–Kier alpha value is -3.78. The van der Waals surface area contributed by atoms with Crippen LogP contribution in [0.3, 0.4) is 0 Å². The van der Waals surface area contributed by atoms with Crippen LogP contribution in [0, 0.1) is 0 Å². The number of amides is 1. The van der Waals surface area contributed by atoms with Crippen LogP contribution in [-0.4, -0.2) is 44.2 Å². The van der Waals surface area contributed by atoms with Crippen LogP contribution in [0.5, 0.6) is 0 Å². The highest BCUT2D eigenvalue weighted by Gasteiger charge is 2.21. The first-order valence-corrected chi connectivity index (χ1v) is 11.7. The molecule has 1 aromatic carbocycles. The molecular formula is C26H27ClN6O2. The van der Waals surface area contributed by atoms with E-state index in [1.165, 1.54) is 0 Å². The van der Waals surface area contributed by atoms with Crippen LogP contribution in [0.1, 0.15) is 26.3 Å². The number of benzene rings is 1. The topological polar surface area (TPSA) is 102 Å². The zero-order valence-corrected chi connectivity index (χ0v) is 20.6. The average Bonchev–Trinajstić information content (AvgIpc) is 2.82. The van der Waals surface area contributed by atoms with Gasteiger partial charge in [0.1, 0.15) is 16.9 Å². The van der Waals surface area contributed by atoms with Gasteiger partial charge in [-0.05, 0) is 51.0 Å². The third-order valence-corrected chi connectivity index (χ3v) is 5.35. The van der Waals surface area contributed by atoms with Crippen molar-refractivity contribution in [3.05, 3.63) is 77.8 Å². The van der Waals surface area contributed by atoms with E-state index >= 15 is 0 Å². The quantitative estimate of drug-likeness (QED) is 0.339. The Labute approximate surface area is 209 Å². The summed E-state index contributed by atoms with van der Waals surface area (Å²) in [5, 5.41) is 7.40. The number of ether oxygens (including phenoxy) is 1. The molecule has 1 atom stereocenters. The van der Waals surface area contributed by atoms with E-state index in [1.54, 1.807) is 18.6 Å². The van der Waals surface area contributed by atoms with Crippen LogP contribution in [0.25, 0.3) is 22.3 Å². The average molecular weight is 491 g/mol. The number of fused-ring (bicyclic) bond motifs is 1. The van der Waals surface area contributed by atoms with Gasteiger partial charge in [-0.15, -0.1) is 0 Å². The number of carbonyl (C=O) groups excluding carboxylic acids is 1. The summed E-state index contributed by atoms with van der Waals surface area (Å²) >= 11 is 6.37. The monoisotopic (exact) mass is 490 g/mol. The molecule has 0 radical (unpaired) electrons. The third kappa shape index (κ3) is 6.64. The molecule has 8 nitrogen and oxygen atoms in total. The number of pyridine rings is 2. The first kappa shape index (κ1) is 24.3. The van der Waals surface area contributed by atoms with Gasteiger partial charge in [-0.3, -0.25) is 4.98 Å². The van der Waals surface area contributed by atoms with Crippen LogP contribution in [0.2, 0.25) is 5.15 Å². The molecule has 180 valence electrons. The molecule has 0 aliphatic rings. The number of carbonyl (C=O) groups is 1. The first-order chi connectivity index (χ1) is 16.8. The maximum atomic E-state index is 12.5. The summed E-state index contributed by atoms with van der Waals surface area (Å²) in [7, 11) is 0. The number of alkyl carbamates (subject to hydrolysis) is 1. The van der Waals surface area contributed by atoms with Gasteiger partial charge < -0.3 is 15.4 Å². The van der Waals surface area contributed by atoms with Crippen molar-refractivity contribution >= 4 is 34.4 Å². The fraction of sp³-hybridized carbons (Fsp3) is 0.269. The maximum Gasteiger partial charge on any atom is 0.407 e. The summed E-state index contributed by atoms with van der Waals surface area (Å²) in [6, 6.07) is 15.2. The van der Waals surface area contributed by atoms with Gasteiger partial charge >= 0.3 is 6.09 Å². The van der Waals surface area contributed by atoms with Crippen LogP contribution in [-0.2, 0) is 11.2 Å². The lowest BCUT2D eigenvalue weighted by Crippen LogP contribution is -2.43. The lowest BCUT2D eigenvalue weighted by atomic mass is 10.1. The summed E-state index contributed by atoms with van der Waals surface area (Å²) in [5.74, 6) is 1.09. The molecule has 0 saturated heterocycles. The Morgan fingerprint density at radius 1 is 1.03 bits per heavy atom. The molecule has 4 aromatic rings. The number of aromatic nitrogens is 4. The minimum Gasteiger partial charge on any atom is -0.444 e. The summed E-state index contributed by atoms with van der Waals surface area (Å²) < 4.78 is 5.49. The zero-order valence-electron chi connectivity index (χ0n) is 19.8. The van der Waals surface area contributed by atoms with Crippen LogP contribution in [0.4, 0.5) is 10.6 Å². The van der Waals surface area contributed by atoms with Crippen LogP contribution in [0.15, 0.2) is 67.1 Å². The molecule has 0 saturated carbocycles. The number of nitrogens with zero attached hydrogens (tertiary/aromatic N) is 4. The minimum atomic E-state index is -0.596. The van der Waals surface area contributed by atoms with Crippen molar-refractivity contribution in [3.8, 4) is 11.4 Å². The fourth-order valence-corrected chi connectivity index (χ4v) is 3.76. The van der Waals surface area contributed by atoms with E-state index in [9.17, 15) is 4.79 Å². The molecule has 0 aliphatic carbocycles. The van der Waals surface area contributed by atoms with Gasteiger partial charge in [-0.25, -0.2) is 19.7 Å². The highest BCUT2D eigenvalue weighted by Crippen LogP contribution is 2.28. The number of rotatable bonds is 7. The molecule has 0 bridgehead atoms. The Bertz CT molecular complexity index is 1300. The first-order valence-electron chi connectivity index (χ1n) is 11.3. The second-order valence-corrected chi connectivity index (χ2v) is 9.40. The summed E-state index contributed by atoms with van der Waals surface area (Å²) in [6.45, 7) is 5.91. The zero-order chi connectivity index (χ0) is 24.8. The van der Waals surface area contributed by atoms with Crippen LogP contribution < -0.4 is 10.6 Å². The number of hydrogen-bond acceptors (Lipinski definition) is 7. The van der Waals surface area contributed by atoms with Crippen LogP contribution >= 0.6 is 11.6 Å². The highest BCUT2D eigenvalue weighted by molar-refractivity contribution is 6.34. The summed E-state index contributed by atoms with van der Waals surface area (Å²) in [5.41, 5.74) is 1.84. The van der Waals surface area contributed by atoms with Crippen molar-refractivity contribution in [1.82, 2.24) is 25.3 Å². The molecule has 2 N–H and O–H groups in total. The van der Waals surface area contributed by atoms with E-state index in [0.29, 0.717) is 30.1 Å². The Kier molecular flexibility index (Phi) is 7.41. The predicted octanol–water partition coefficient (Wildman–Crippen LogP) is 5.29. The Balaban J connectivity index is 1.63. The molecule has 3 heterocycles. The largest absolute Gasteiger partial charge is 0.444 e. The standard InChI is InChI=1S/C26H27ClN6O2/c1-26(2,3)35-25(34)31-19(15-17-7-5-4-6-8-17)16-30-24-20-11-14-29-22(27)21(20)32-23(33-24)18-9-12-28-13-10-18/h4-14,19H,15-16H2,1-3H3,(H,31,34)(H,30,32,33)/t19-/m1/s1. The maximum absolute atomic E-state index is 12.5. The molecule has 1 amide bonds. The molecule has 4 rings (SSSR count). The van der Waals surface area contributed by atoms with Crippen molar-refractivity contribution < 1.29 is 9.53 Å². The van der Waals surface area contributed by atoms with Crippen molar-refractivity contribution in [2.24, 2.45) is 0 Å². The normalized spacial score (nSPS) is 12.2. The lowest BCUT2D eigenvalue weighted by Gasteiger charge is -2.24. The van der Waals surface area contributed by atoms with Crippen molar-refractivity contribution in [3.63, 3.8) is 0 Å². The number of anilines is 1. The molecule has 3 aromatic heterocycles. The van der Waals surface area contributed by atoms with Gasteiger partial charge in [-0.1, -0.05) is 41.9 Å². The second-order valence-electron chi connectivity index (χ2n) is 9.04. The van der Waals surface area contributed by atoms with Gasteiger partial charge in [0.25, 0.3) is 0 Å². The molecule has 0 aliphatic heterocycles. The molecule has 35 heavy (non-hydrogen) atoms. The second kappa shape index (κ2) is 10.7. The minimum absolute atomic E-state index is 0.265. The third-order valence-electron chi connectivity index (χ3n) is 5.07.